The molecular formula is C13H17N3O. The molecule has 0 bridgehead atoms. The van der Waals surface area contributed by atoms with Crippen LogP contribution in [0.3, 0.4) is 0 Å². The van der Waals surface area contributed by atoms with E-state index in [-0.39, 0.29) is 0 Å². The number of aromatic nitrogens is 2. The Morgan fingerprint density at radius 3 is 2.71 bits per heavy atom. The molecule has 1 heterocycles. The number of rotatable bonds is 5. The number of phenols is 1. The van der Waals surface area contributed by atoms with Crippen molar-refractivity contribution in [2.45, 2.75) is 25.9 Å². The van der Waals surface area contributed by atoms with Crippen LogP contribution in [-0.4, -0.2) is 21.3 Å². The van der Waals surface area contributed by atoms with Crippen LogP contribution in [0.1, 0.15) is 18.2 Å². The SMILES string of the molecule is CC(Cc1ccc(O)cc1)NCc1ccn[nH]1. The summed E-state index contributed by atoms with van der Waals surface area (Å²) in [6.45, 7) is 2.93. The quantitative estimate of drug-likeness (QED) is 0.735. The van der Waals surface area contributed by atoms with E-state index in [2.05, 4.69) is 22.4 Å². The summed E-state index contributed by atoms with van der Waals surface area (Å²) in [4.78, 5) is 0. The molecule has 1 unspecified atom stereocenters. The molecular weight excluding hydrogens is 214 g/mol. The Bertz CT molecular complexity index is 436. The highest BCUT2D eigenvalue weighted by molar-refractivity contribution is 5.26. The number of benzene rings is 1. The van der Waals surface area contributed by atoms with E-state index >= 15 is 0 Å². The number of nitrogens with zero attached hydrogens (tertiary/aromatic N) is 1. The van der Waals surface area contributed by atoms with Gasteiger partial charge in [0.1, 0.15) is 5.75 Å². The monoisotopic (exact) mass is 231 g/mol. The summed E-state index contributed by atoms with van der Waals surface area (Å²) in [6.07, 6.45) is 2.69. The van der Waals surface area contributed by atoms with Crippen LogP contribution in [0.4, 0.5) is 0 Å². The molecule has 17 heavy (non-hydrogen) atoms. The molecule has 0 fully saturated rings. The Labute approximate surface area is 101 Å². The summed E-state index contributed by atoms with van der Waals surface area (Å²) < 4.78 is 0. The second-order valence-electron chi connectivity index (χ2n) is 4.23. The van der Waals surface area contributed by atoms with Crippen LogP contribution in [0.15, 0.2) is 36.5 Å². The lowest BCUT2D eigenvalue weighted by Gasteiger charge is -2.13. The molecule has 0 aliphatic rings. The minimum absolute atomic E-state index is 0.312. The first-order valence-corrected chi connectivity index (χ1v) is 5.73. The molecule has 90 valence electrons. The number of hydrogen-bond acceptors (Lipinski definition) is 3. The van der Waals surface area contributed by atoms with Gasteiger partial charge in [-0.1, -0.05) is 12.1 Å². The molecule has 0 aliphatic carbocycles. The van der Waals surface area contributed by atoms with Crippen molar-refractivity contribution in [1.82, 2.24) is 15.5 Å². The van der Waals surface area contributed by atoms with Crippen LogP contribution in [0.5, 0.6) is 5.75 Å². The Kier molecular flexibility index (Phi) is 3.77. The van der Waals surface area contributed by atoms with Crippen LogP contribution in [0.2, 0.25) is 0 Å². The minimum Gasteiger partial charge on any atom is -0.508 e. The van der Waals surface area contributed by atoms with Gasteiger partial charge >= 0.3 is 0 Å². The molecule has 1 aromatic carbocycles. The maximum absolute atomic E-state index is 9.19. The number of aromatic hydroxyl groups is 1. The largest absolute Gasteiger partial charge is 0.508 e. The third kappa shape index (κ3) is 3.60. The van der Waals surface area contributed by atoms with E-state index in [9.17, 15) is 5.11 Å². The van der Waals surface area contributed by atoms with Crippen molar-refractivity contribution < 1.29 is 5.11 Å². The second kappa shape index (κ2) is 5.50. The molecule has 4 heteroatoms. The van der Waals surface area contributed by atoms with Crippen molar-refractivity contribution in [3.8, 4) is 5.75 Å². The molecule has 1 atom stereocenters. The summed E-state index contributed by atoms with van der Waals surface area (Å²) in [5, 5.41) is 19.4. The fourth-order valence-electron chi connectivity index (χ4n) is 1.73. The molecule has 1 aromatic heterocycles. The topological polar surface area (TPSA) is 60.9 Å². The van der Waals surface area contributed by atoms with E-state index < -0.39 is 0 Å². The molecule has 0 aliphatic heterocycles. The number of aromatic amines is 1. The minimum atomic E-state index is 0.312. The van der Waals surface area contributed by atoms with E-state index in [1.54, 1.807) is 18.3 Å². The zero-order valence-electron chi connectivity index (χ0n) is 9.85. The molecule has 0 spiro atoms. The summed E-state index contributed by atoms with van der Waals surface area (Å²) in [7, 11) is 0. The van der Waals surface area contributed by atoms with Crippen LogP contribution in [0.25, 0.3) is 0 Å². The highest BCUT2D eigenvalue weighted by atomic mass is 16.3. The average molecular weight is 231 g/mol. The van der Waals surface area contributed by atoms with Crippen LogP contribution in [0, 0.1) is 0 Å². The van der Waals surface area contributed by atoms with Gasteiger partial charge in [0.25, 0.3) is 0 Å². The van der Waals surface area contributed by atoms with Crippen molar-refractivity contribution in [3.05, 3.63) is 47.8 Å². The zero-order valence-corrected chi connectivity index (χ0v) is 9.85. The van der Waals surface area contributed by atoms with Gasteiger partial charge in [-0.3, -0.25) is 5.10 Å². The van der Waals surface area contributed by atoms with E-state index in [4.69, 9.17) is 0 Å². The van der Waals surface area contributed by atoms with Gasteiger partial charge < -0.3 is 10.4 Å². The van der Waals surface area contributed by atoms with E-state index in [0.29, 0.717) is 11.8 Å². The second-order valence-corrected chi connectivity index (χ2v) is 4.23. The summed E-state index contributed by atoms with van der Waals surface area (Å²) >= 11 is 0. The predicted molar refractivity (Wildman–Crippen MR) is 66.7 cm³/mol. The smallest absolute Gasteiger partial charge is 0.115 e. The lowest BCUT2D eigenvalue weighted by Crippen LogP contribution is -2.27. The standard InChI is InChI=1S/C13H17N3O/c1-10(14-9-12-6-7-15-16-12)8-11-2-4-13(17)5-3-11/h2-7,10,14,17H,8-9H2,1H3,(H,15,16). The molecule has 0 amide bonds. The van der Waals surface area contributed by atoms with Gasteiger partial charge in [-0.2, -0.15) is 5.10 Å². The Hall–Kier alpha value is -1.81. The van der Waals surface area contributed by atoms with Crippen molar-refractivity contribution in [3.63, 3.8) is 0 Å². The average Bonchev–Trinajstić information content (AvgIpc) is 2.83. The number of hydrogen-bond donors (Lipinski definition) is 3. The molecule has 2 aromatic rings. The highest BCUT2D eigenvalue weighted by Crippen LogP contribution is 2.11. The molecule has 4 nitrogen and oxygen atoms in total. The zero-order chi connectivity index (χ0) is 12.1. The summed E-state index contributed by atoms with van der Waals surface area (Å²) in [6, 6.07) is 9.67. The van der Waals surface area contributed by atoms with Crippen LogP contribution < -0.4 is 5.32 Å². The molecule has 0 saturated heterocycles. The van der Waals surface area contributed by atoms with Crippen LogP contribution >= 0.6 is 0 Å². The summed E-state index contributed by atoms with van der Waals surface area (Å²) in [5.74, 6) is 0.312. The predicted octanol–water partition coefficient (Wildman–Crippen LogP) is 1.84. The van der Waals surface area contributed by atoms with E-state index in [1.165, 1.54) is 5.56 Å². The van der Waals surface area contributed by atoms with Crippen molar-refractivity contribution in [1.29, 1.82) is 0 Å². The number of nitrogens with one attached hydrogen (secondary N) is 2. The molecule has 0 saturated carbocycles. The maximum Gasteiger partial charge on any atom is 0.115 e. The first-order chi connectivity index (χ1) is 8.24. The third-order valence-corrected chi connectivity index (χ3v) is 2.68. The maximum atomic E-state index is 9.19. The Balaban J connectivity index is 1.80. The van der Waals surface area contributed by atoms with Crippen molar-refractivity contribution in [2.24, 2.45) is 0 Å². The normalized spacial score (nSPS) is 12.5. The lowest BCUT2D eigenvalue weighted by molar-refractivity contribution is 0.474. The van der Waals surface area contributed by atoms with Gasteiger partial charge in [0.2, 0.25) is 0 Å². The fraction of sp³-hybridized carbons (Fsp3) is 0.308. The van der Waals surface area contributed by atoms with Gasteiger partial charge in [-0.05, 0) is 37.1 Å². The van der Waals surface area contributed by atoms with Gasteiger partial charge in [0.15, 0.2) is 0 Å². The van der Waals surface area contributed by atoms with Gasteiger partial charge in [0, 0.05) is 24.5 Å². The third-order valence-electron chi connectivity index (χ3n) is 2.68. The molecule has 0 radical (unpaired) electrons. The summed E-state index contributed by atoms with van der Waals surface area (Å²) in [5.41, 5.74) is 2.30. The Morgan fingerprint density at radius 1 is 1.29 bits per heavy atom. The Morgan fingerprint density at radius 2 is 2.06 bits per heavy atom. The van der Waals surface area contributed by atoms with Crippen molar-refractivity contribution >= 4 is 0 Å². The first kappa shape index (κ1) is 11.7. The number of phenolic OH excluding ortho intramolecular Hbond substituents is 1. The van der Waals surface area contributed by atoms with Gasteiger partial charge in [-0.25, -0.2) is 0 Å². The van der Waals surface area contributed by atoms with E-state index in [1.807, 2.05) is 18.2 Å². The highest BCUT2D eigenvalue weighted by Gasteiger charge is 2.03. The number of H-pyrrole nitrogens is 1. The van der Waals surface area contributed by atoms with Crippen LogP contribution in [-0.2, 0) is 13.0 Å². The molecule has 3 N–H and O–H groups in total. The van der Waals surface area contributed by atoms with Crippen molar-refractivity contribution in [2.75, 3.05) is 0 Å². The fourth-order valence-corrected chi connectivity index (χ4v) is 1.73. The van der Waals surface area contributed by atoms with Gasteiger partial charge in [0.05, 0.1) is 0 Å². The first-order valence-electron chi connectivity index (χ1n) is 5.73. The van der Waals surface area contributed by atoms with Gasteiger partial charge in [-0.15, -0.1) is 0 Å². The van der Waals surface area contributed by atoms with E-state index in [0.717, 1.165) is 18.7 Å². The molecule has 2 rings (SSSR count). The lowest BCUT2D eigenvalue weighted by atomic mass is 10.1.